The van der Waals surface area contributed by atoms with Crippen LogP contribution in [0.3, 0.4) is 0 Å². The highest BCUT2D eigenvalue weighted by atomic mass is 19.1. The SMILES string of the molecule is CC(C)(C)OC(=O)NC(C(=O)O)c1ccccc1F.CC1CCN(C)CC1. The van der Waals surface area contributed by atoms with Gasteiger partial charge in [0, 0.05) is 5.56 Å². The highest BCUT2D eigenvalue weighted by Crippen LogP contribution is 2.18. The van der Waals surface area contributed by atoms with Gasteiger partial charge in [0.2, 0.25) is 0 Å². The lowest BCUT2D eigenvalue weighted by atomic mass is 10.00. The van der Waals surface area contributed by atoms with Gasteiger partial charge in [-0.3, -0.25) is 0 Å². The largest absolute Gasteiger partial charge is 0.479 e. The van der Waals surface area contributed by atoms with Crippen LogP contribution in [0.25, 0.3) is 0 Å². The molecule has 7 heteroatoms. The monoisotopic (exact) mass is 382 g/mol. The number of halogens is 1. The Kier molecular flexibility index (Phi) is 8.69. The van der Waals surface area contributed by atoms with Crippen molar-refractivity contribution < 1.29 is 23.8 Å². The lowest BCUT2D eigenvalue weighted by Gasteiger charge is -2.26. The van der Waals surface area contributed by atoms with Crippen molar-refractivity contribution in [2.45, 2.75) is 52.2 Å². The summed E-state index contributed by atoms with van der Waals surface area (Å²) < 4.78 is 18.5. The normalized spacial score (nSPS) is 16.7. The van der Waals surface area contributed by atoms with Crippen LogP contribution in [0.5, 0.6) is 0 Å². The average Bonchev–Trinajstić information content (AvgIpc) is 2.55. The highest BCUT2D eigenvalue weighted by Gasteiger charge is 2.27. The number of carboxylic acid groups (broad SMARTS) is 1. The van der Waals surface area contributed by atoms with Crippen LogP contribution in [-0.4, -0.2) is 47.8 Å². The van der Waals surface area contributed by atoms with Gasteiger partial charge in [-0.05, 0) is 65.7 Å². The Balaban J connectivity index is 0.000000377. The van der Waals surface area contributed by atoms with E-state index in [1.54, 1.807) is 20.8 Å². The van der Waals surface area contributed by atoms with Crippen LogP contribution in [-0.2, 0) is 9.53 Å². The minimum Gasteiger partial charge on any atom is -0.479 e. The fourth-order valence-corrected chi connectivity index (χ4v) is 2.54. The van der Waals surface area contributed by atoms with Gasteiger partial charge in [-0.1, -0.05) is 25.1 Å². The molecule has 1 unspecified atom stereocenters. The summed E-state index contributed by atoms with van der Waals surface area (Å²) in [6.45, 7) is 9.89. The van der Waals surface area contributed by atoms with E-state index in [-0.39, 0.29) is 5.56 Å². The van der Waals surface area contributed by atoms with E-state index in [1.807, 2.05) is 0 Å². The predicted octanol–water partition coefficient (Wildman–Crippen LogP) is 3.82. The smallest absolute Gasteiger partial charge is 0.408 e. The van der Waals surface area contributed by atoms with E-state index in [0.29, 0.717) is 0 Å². The van der Waals surface area contributed by atoms with Gasteiger partial charge in [0.1, 0.15) is 11.4 Å². The maximum Gasteiger partial charge on any atom is 0.408 e. The van der Waals surface area contributed by atoms with Gasteiger partial charge < -0.3 is 20.1 Å². The number of likely N-dealkylation sites (tertiary alicyclic amines) is 1. The van der Waals surface area contributed by atoms with Crippen LogP contribution >= 0.6 is 0 Å². The molecule has 2 rings (SSSR count). The molecule has 0 radical (unpaired) electrons. The Labute approximate surface area is 160 Å². The number of hydrogen-bond acceptors (Lipinski definition) is 4. The molecule has 0 saturated carbocycles. The number of alkyl carbamates (subject to hydrolysis) is 1. The number of amides is 1. The number of carbonyl (C=O) groups excluding carboxylic acids is 1. The van der Waals surface area contributed by atoms with Crippen molar-refractivity contribution in [3.05, 3.63) is 35.6 Å². The van der Waals surface area contributed by atoms with Crippen molar-refractivity contribution in [2.75, 3.05) is 20.1 Å². The Bertz CT molecular complexity index is 613. The van der Waals surface area contributed by atoms with Crippen LogP contribution in [0.2, 0.25) is 0 Å². The Morgan fingerprint density at radius 1 is 1.26 bits per heavy atom. The van der Waals surface area contributed by atoms with Gasteiger partial charge in [0.05, 0.1) is 0 Å². The Morgan fingerprint density at radius 3 is 2.26 bits per heavy atom. The minimum absolute atomic E-state index is 0.124. The van der Waals surface area contributed by atoms with E-state index in [9.17, 15) is 14.0 Å². The van der Waals surface area contributed by atoms with E-state index in [1.165, 1.54) is 44.1 Å². The first-order valence-electron chi connectivity index (χ1n) is 9.15. The molecule has 6 nitrogen and oxygen atoms in total. The summed E-state index contributed by atoms with van der Waals surface area (Å²) in [6.07, 6.45) is 1.88. The van der Waals surface area contributed by atoms with Crippen LogP contribution < -0.4 is 5.32 Å². The standard InChI is InChI=1S/C13H16FNO4.C7H15N/c1-13(2,3)19-12(18)15-10(11(16)17)8-6-4-5-7-9(8)14;1-7-3-5-8(2)6-4-7/h4-7,10H,1-3H3,(H,15,18)(H,16,17);7H,3-6H2,1-2H3. The molecule has 1 atom stereocenters. The molecule has 0 spiro atoms. The van der Waals surface area contributed by atoms with E-state index in [2.05, 4.69) is 24.2 Å². The second-order valence-corrected chi connectivity index (χ2v) is 7.92. The van der Waals surface area contributed by atoms with Gasteiger partial charge in [0.15, 0.2) is 6.04 Å². The summed E-state index contributed by atoms with van der Waals surface area (Å²) in [4.78, 5) is 25.1. The molecule has 0 bridgehead atoms. The fraction of sp³-hybridized carbons (Fsp3) is 0.600. The first-order chi connectivity index (χ1) is 12.5. The summed E-state index contributed by atoms with van der Waals surface area (Å²) in [5, 5.41) is 11.2. The molecule has 1 amide bonds. The summed E-state index contributed by atoms with van der Waals surface area (Å²) in [7, 11) is 2.20. The molecule has 1 aromatic carbocycles. The van der Waals surface area contributed by atoms with Gasteiger partial charge >= 0.3 is 12.1 Å². The van der Waals surface area contributed by atoms with E-state index >= 15 is 0 Å². The molecule has 1 aliphatic rings. The highest BCUT2D eigenvalue weighted by molar-refractivity contribution is 5.81. The number of carbonyl (C=O) groups is 2. The Morgan fingerprint density at radius 2 is 1.81 bits per heavy atom. The Hall–Kier alpha value is -2.15. The van der Waals surface area contributed by atoms with Crippen molar-refractivity contribution in [1.82, 2.24) is 10.2 Å². The maximum atomic E-state index is 13.5. The number of carboxylic acids is 1. The molecule has 1 aliphatic heterocycles. The number of nitrogens with zero attached hydrogens (tertiary/aromatic N) is 1. The van der Waals surface area contributed by atoms with Crippen molar-refractivity contribution in [3.63, 3.8) is 0 Å². The molecule has 0 aliphatic carbocycles. The number of rotatable bonds is 3. The van der Waals surface area contributed by atoms with E-state index in [0.717, 1.165) is 12.0 Å². The van der Waals surface area contributed by atoms with Crippen molar-refractivity contribution in [2.24, 2.45) is 5.92 Å². The second kappa shape index (κ2) is 10.3. The van der Waals surface area contributed by atoms with Crippen LogP contribution in [0.4, 0.5) is 9.18 Å². The third-order valence-corrected chi connectivity index (χ3v) is 4.13. The molecular formula is C20H31FN2O4. The molecule has 0 aromatic heterocycles. The molecule has 152 valence electrons. The van der Waals surface area contributed by atoms with Crippen LogP contribution in [0.15, 0.2) is 24.3 Å². The number of piperidine rings is 1. The van der Waals surface area contributed by atoms with Crippen molar-refractivity contribution in [1.29, 1.82) is 0 Å². The number of benzene rings is 1. The number of hydrogen-bond donors (Lipinski definition) is 2. The zero-order chi connectivity index (χ0) is 20.6. The molecule has 1 fully saturated rings. The number of ether oxygens (including phenoxy) is 1. The lowest BCUT2D eigenvalue weighted by Crippen LogP contribution is -2.38. The second-order valence-electron chi connectivity index (χ2n) is 7.92. The topological polar surface area (TPSA) is 78.9 Å². The molecule has 1 saturated heterocycles. The zero-order valence-electron chi connectivity index (χ0n) is 16.8. The summed E-state index contributed by atoms with van der Waals surface area (Å²) in [5.74, 6) is -1.09. The van der Waals surface area contributed by atoms with Crippen LogP contribution in [0.1, 0.15) is 52.1 Å². The quantitative estimate of drug-likeness (QED) is 0.831. The van der Waals surface area contributed by atoms with Crippen molar-refractivity contribution >= 4 is 12.1 Å². The molecule has 1 heterocycles. The first-order valence-corrected chi connectivity index (χ1v) is 9.15. The molecule has 2 N–H and O–H groups in total. The number of nitrogens with one attached hydrogen (secondary N) is 1. The van der Waals surface area contributed by atoms with Gasteiger partial charge in [-0.15, -0.1) is 0 Å². The third-order valence-electron chi connectivity index (χ3n) is 4.13. The molecule has 27 heavy (non-hydrogen) atoms. The third kappa shape index (κ3) is 8.86. The van der Waals surface area contributed by atoms with Gasteiger partial charge in [0.25, 0.3) is 0 Å². The first kappa shape index (κ1) is 22.9. The summed E-state index contributed by atoms with van der Waals surface area (Å²) in [6, 6.07) is 3.86. The average molecular weight is 382 g/mol. The summed E-state index contributed by atoms with van der Waals surface area (Å²) in [5.41, 5.74) is -0.886. The predicted molar refractivity (Wildman–Crippen MR) is 102 cm³/mol. The van der Waals surface area contributed by atoms with Crippen LogP contribution in [0, 0.1) is 11.7 Å². The van der Waals surface area contributed by atoms with Gasteiger partial charge in [-0.25, -0.2) is 14.0 Å². The minimum atomic E-state index is -1.49. The van der Waals surface area contributed by atoms with E-state index in [4.69, 9.17) is 9.84 Å². The molecule has 1 aromatic rings. The maximum absolute atomic E-state index is 13.5. The lowest BCUT2D eigenvalue weighted by molar-refractivity contribution is -0.139. The number of aliphatic carboxylic acids is 1. The van der Waals surface area contributed by atoms with E-state index < -0.39 is 29.5 Å². The zero-order valence-corrected chi connectivity index (χ0v) is 16.8. The molecular weight excluding hydrogens is 351 g/mol. The summed E-state index contributed by atoms with van der Waals surface area (Å²) >= 11 is 0. The van der Waals surface area contributed by atoms with Crippen molar-refractivity contribution in [3.8, 4) is 0 Å². The van der Waals surface area contributed by atoms with Gasteiger partial charge in [-0.2, -0.15) is 0 Å². The fourth-order valence-electron chi connectivity index (χ4n) is 2.54.